The highest BCUT2D eigenvalue weighted by molar-refractivity contribution is 6.00. The van der Waals surface area contributed by atoms with Gasteiger partial charge < -0.3 is 24.0 Å². The van der Waals surface area contributed by atoms with Crippen LogP contribution in [0.4, 0.5) is 4.79 Å². The highest BCUT2D eigenvalue weighted by atomic mass is 16.7. The lowest BCUT2D eigenvalue weighted by atomic mass is 10.1. The van der Waals surface area contributed by atoms with Gasteiger partial charge in [-0.2, -0.15) is 5.10 Å². The first kappa shape index (κ1) is 19.2. The SMILES string of the molecule is CCOC(=O)N1CCN(C(=O)c2cnn3c(-c4ccc5c(c4)OCO5)ccnc23)CC1. The van der Waals surface area contributed by atoms with E-state index in [2.05, 4.69) is 10.1 Å². The average molecular weight is 423 g/mol. The summed E-state index contributed by atoms with van der Waals surface area (Å²) in [7, 11) is 0. The van der Waals surface area contributed by atoms with Crippen LogP contribution in [0.1, 0.15) is 17.3 Å². The molecule has 31 heavy (non-hydrogen) atoms. The van der Waals surface area contributed by atoms with E-state index in [1.807, 2.05) is 24.3 Å². The summed E-state index contributed by atoms with van der Waals surface area (Å²) >= 11 is 0. The molecule has 0 saturated carbocycles. The number of rotatable bonds is 3. The molecule has 10 nitrogen and oxygen atoms in total. The van der Waals surface area contributed by atoms with Gasteiger partial charge in [-0.3, -0.25) is 4.79 Å². The Morgan fingerprint density at radius 1 is 1.06 bits per heavy atom. The molecule has 2 aromatic heterocycles. The van der Waals surface area contributed by atoms with Crippen molar-refractivity contribution in [2.45, 2.75) is 6.92 Å². The van der Waals surface area contributed by atoms with E-state index >= 15 is 0 Å². The first-order chi connectivity index (χ1) is 15.2. The van der Waals surface area contributed by atoms with Crippen LogP contribution in [0.15, 0.2) is 36.7 Å². The number of fused-ring (bicyclic) bond motifs is 2. The Bertz CT molecular complexity index is 1150. The van der Waals surface area contributed by atoms with Crippen LogP contribution < -0.4 is 9.47 Å². The Balaban J connectivity index is 1.39. The lowest BCUT2D eigenvalue weighted by Gasteiger charge is -2.33. The molecule has 160 valence electrons. The van der Waals surface area contributed by atoms with Crippen LogP contribution in [0.25, 0.3) is 16.9 Å². The van der Waals surface area contributed by atoms with Crippen LogP contribution in [0.5, 0.6) is 11.5 Å². The molecule has 0 atom stereocenters. The van der Waals surface area contributed by atoms with E-state index in [1.54, 1.807) is 33.6 Å². The molecule has 0 unspecified atom stereocenters. The predicted molar refractivity (Wildman–Crippen MR) is 109 cm³/mol. The average Bonchev–Trinajstić information content (AvgIpc) is 3.45. The number of aromatic nitrogens is 3. The molecular formula is C21H21N5O5. The number of piperazine rings is 1. The quantitative estimate of drug-likeness (QED) is 0.636. The van der Waals surface area contributed by atoms with Crippen LogP contribution in [0, 0.1) is 0 Å². The molecule has 5 rings (SSSR count). The van der Waals surface area contributed by atoms with Crippen molar-refractivity contribution in [1.82, 2.24) is 24.4 Å². The topological polar surface area (TPSA) is 98.5 Å². The maximum Gasteiger partial charge on any atom is 0.409 e. The number of ether oxygens (including phenoxy) is 3. The third kappa shape index (κ3) is 3.39. The van der Waals surface area contributed by atoms with Crippen LogP contribution in [0.3, 0.4) is 0 Å². The van der Waals surface area contributed by atoms with E-state index in [1.165, 1.54) is 0 Å². The Labute approximate surface area is 177 Å². The largest absolute Gasteiger partial charge is 0.454 e. The Morgan fingerprint density at radius 2 is 1.84 bits per heavy atom. The number of nitrogens with zero attached hydrogens (tertiary/aromatic N) is 5. The summed E-state index contributed by atoms with van der Waals surface area (Å²) in [4.78, 5) is 32.7. The second-order valence-electron chi connectivity index (χ2n) is 7.17. The third-order valence-electron chi connectivity index (χ3n) is 5.39. The Morgan fingerprint density at radius 3 is 2.65 bits per heavy atom. The van der Waals surface area contributed by atoms with Gasteiger partial charge in [-0.25, -0.2) is 14.3 Å². The van der Waals surface area contributed by atoms with Gasteiger partial charge in [0, 0.05) is 37.9 Å². The predicted octanol–water partition coefficient (Wildman–Crippen LogP) is 2.04. The smallest absolute Gasteiger partial charge is 0.409 e. The molecule has 1 fully saturated rings. The summed E-state index contributed by atoms with van der Waals surface area (Å²) in [6.07, 6.45) is 2.85. The minimum atomic E-state index is -0.347. The summed E-state index contributed by atoms with van der Waals surface area (Å²) in [6.45, 7) is 4.02. The maximum absolute atomic E-state index is 13.1. The van der Waals surface area contributed by atoms with Crippen LogP contribution in [-0.4, -0.2) is 76.0 Å². The molecule has 2 amide bonds. The minimum Gasteiger partial charge on any atom is -0.454 e. The van der Waals surface area contributed by atoms with E-state index < -0.39 is 0 Å². The van der Waals surface area contributed by atoms with Crippen molar-refractivity contribution >= 4 is 17.6 Å². The van der Waals surface area contributed by atoms with Crippen molar-refractivity contribution in [3.8, 4) is 22.8 Å². The molecule has 0 N–H and O–H groups in total. The molecule has 2 aliphatic rings. The van der Waals surface area contributed by atoms with Crippen LogP contribution >= 0.6 is 0 Å². The van der Waals surface area contributed by atoms with E-state index in [0.29, 0.717) is 55.5 Å². The Hall–Kier alpha value is -3.82. The lowest BCUT2D eigenvalue weighted by Crippen LogP contribution is -2.50. The highest BCUT2D eigenvalue weighted by Gasteiger charge is 2.28. The van der Waals surface area contributed by atoms with Gasteiger partial charge in [0.1, 0.15) is 5.56 Å². The second-order valence-corrected chi connectivity index (χ2v) is 7.17. The fourth-order valence-corrected chi connectivity index (χ4v) is 3.79. The molecule has 10 heteroatoms. The molecular weight excluding hydrogens is 402 g/mol. The van der Waals surface area contributed by atoms with Crippen molar-refractivity contribution in [1.29, 1.82) is 0 Å². The van der Waals surface area contributed by atoms with Crippen molar-refractivity contribution in [3.05, 3.63) is 42.2 Å². The molecule has 0 spiro atoms. The number of benzene rings is 1. The van der Waals surface area contributed by atoms with E-state index in [4.69, 9.17) is 14.2 Å². The third-order valence-corrected chi connectivity index (χ3v) is 5.39. The van der Waals surface area contributed by atoms with Gasteiger partial charge in [-0.1, -0.05) is 0 Å². The summed E-state index contributed by atoms with van der Waals surface area (Å²) in [6, 6.07) is 7.49. The molecule has 0 bridgehead atoms. The second kappa shape index (κ2) is 7.78. The molecule has 2 aliphatic heterocycles. The van der Waals surface area contributed by atoms with Crippen LogP contribution in [-0.2, 0) is 4.74 Å². The van der Waals surface area contributed by atoms with E-state index in [9.17, 15) is 9.59 Å². The zero-order chi connectivity index (χ0) is 21.4. The van der Waals surface area contributed by atoms with Crippen molar-refractivity contribution in [3.63, 3.8) is 0 Å². The number of hydrogen-bond donors (Lipinski definition) is 0. The molecule has 1 aromatic carbocycles. The lowest BCUT2D eigenvalue weighted by molar-refractivity contribution is 0.0571. The molecule has 0 radical (unpaired) electrons. The monoisotopic (exact) mass is 423 g/mol. The van der Waals surface area contributed by atoms with Gasteiger partial charge >= 0.3 is 6.09 Å². The normalized spacial score (nSPS) is 15.4. The van der Waals surface area contributed by atoms with Gasteiger partial charge in [0.15, 0.2) is 17.1 Å². The van der Waals surface area contributed by atoms with Crippen molar-refractivity contribution in [2.24, 2.45) is 0 Å². The standard InChI is InChI=1S/C21H21N5O5/c1-2-29-21(28)25-9-7-24(8-10-25)20(27)15-12-23-26-16(5-6-22-19(15)26)14-3-4-17-18(11-14)31-13-30-17/h3-6,11-12H,2,7-10,13H2,1H3. The number of carbonyl (C=O) groups excluding carboxylic acids is 2. The summed E-state index contributed by atoms with van der Waals surface area (Å²) < 4.78 is 17.5. The van der Waals surface area contributed by atoms with Gasteiger partial charge in [0.05, 0.1) is 18.5 Å². The molecule has 3 aromatic rings. The number of carbonyl (C=O) groups is 2. The first-order valence-corrected chi connectivity index (χ1v) is 10.1. The van der Waals surface area contributed by atoms with Gasteiger partial charge in [0.2, 0.25) is 6.79 Å². The summed E-state index contributed by atoms with van der Waals surface area (Å²) in [5.41, 5.74) is 2.57. The maximum atomic E-state index is 13.1. The zero-order valence-corrected chi connectivity index (χ0v) is 17.0. The highest BCUT2D eigenvalue weighted by Crippen LogP contribution is 2.36. The van der Waals surface area contributed by atoms with Gasteiger partial charge in [-0.05, 0) is 31.2 Å². The van der Waals surface area contributed by atoms with Crippen molar-refractivity contribution in [2.75, 3.05) is 39.6 Å². The fraction of sp³-hybridized carbons (Fsp3) is 0.333. The van der Waals surface area contributed by atoms with E-state index in [-0.39, 0.29) is 18.8 Å². The number of hydrogen-bond acceptors (Lipinski definition) is 7. The molecule has 0 aliphatic carbocycles. The Kier molecular flexibility index (Phi) is 4.81. The van der Waals surface area contributed by atoms with Crippen LogP contribution in [0.2, 0.25) is 0 Å². The molecule has 1 saturated heterocycles. The summed E-state index contributed by atoms with van der Waals surface area (Å²) in [5, 5.41) is 4.42. The van der Waals surface area contributed by atoms with Gasteiger partial charge in [-0.15, -0.1) is 0 Å². The fourth-order valence-electron chi connectivity index (χ4n) is 3.79. The summed E-state index contributed by atoms with van der Waals surface area (Å²) in [5.74, 6) is 1.21. The van der Waals surface area contributed by atoms with Gasteiger partial charge in [0.25, 0.3) is 5.91 Å². The number of amides is 2. The molecule has 4 heterocycles. The zero-order valence-electron chi connectivity index (χ0n) is 17.0. The minimum absolute atomic E-state index is 0.158. The van der Waals surface area contributed by atoms with Crippen molar-refractivity contribution < 1.29 is 23.8 Å². The van der Waals surface area contributed by atoms with E-state index in [0.717, 1.165) is 11.3 Å². The first-order valence-electron chi connectivity index (χ1n) is 10.1.